The van der Waals surface area contributed by atoms with Crippen molar-refractivity contribution in [3.05, 3.63) is 0 Å². The Hall–Kier alpha value is 0.950. The summed E-state index contributed by atoms with van der Waals surface area (Å²) in [4.78, 5) is 0. The molecule has 0 unspecified atom stereocenters. The van der Waals surface area contributed by atoms with E-state index in [1.54, 1.807) is 0 Å². The van der Waals surface area contributed by atoms with Gasteiger partial charge in [-0.1, -0.05) is 25.7 Å². The van der Waals surface area contributed by atoms with E-state index in [-0.39, 0.29) is 0 Å². The van der Waals surface area contributed by atoms with Gasteiger partial charge in [0, 0.05) is 13.1 Å². The van der Waals surface area contributed by atoms with Crippen LogP contribution >= 0.6 is 14.3 Å². The maximum absolute atomic E-state index is 7.50. The van der Waals surface area contributed by atoms with Gasteiger partial charge in [0.05, 0.1) is 35.0 Å². The fourth-order valence-electron chi connectivity index (χ4n) is 8.24. The molecule has 0 saturated heterocycles. The van der Waals surface area contributed by atoms with E-state index in [2.05, 4.69) is 5.32 Å². The number of rotatable bonds is 10. The Labute approximate surface area is 211 Å². The summed E-state index contributed by atoms with van der Waals surface area (Å²) in [5.41, 5.74) is 3.51. The van der Waals surface area contributed by atoms with Gasteiger partial charge in [0.2, 0.25) is 0 Å². The molecule has 4 aliphatic rings. The standard InChI is InChI=1S/C28H53B2NP2/c29-32(25-13-5-1-6-14-25,26-15-7-2-8-16-26)23-21-31-22-24-33(30,27-17-9-3-10-18-27)28-19-11-4-12-20-28/h25-28,31H,1-24H2/q+2. The van der Waals surface area contributed by atoms with Gasteiger partial charge < -0.3 is 5.32 Å². The summed E-state index contributed by atoms with van der Waals surface area (Å²) in [5, 5.41) is 3.95. The second-order valence-corrected chi connectivity index (χ2v) is 20.1. The van der Waals surface area contributed by atoms with Gasteiger partial charge in [-0.15, -0.1) is 0 Å². The van der Waals surface area contributed by atoms with Crippen molar-refractivity contribution in [2.45, 2.75) is 151 Å². The van der Waals surface area contributed by atoms with Crippen molar-refractivity contribution in [3.8, 4) is 0 Å². The molecule has 0 aromatic rings. The van der Waals surface area contributed by atoms with Crippen LogP contribution in [0.3, 0.4) is 0 Å². The summed E-state index contributed by atoms with van der Waals surface area (Å²) in [6, 6.07) is 0. The Morgan fingerprint density at radius 1 is 0.424 bits per heavy atom. The zero-order valence-corrected chi connectivity index (χ0v) is 23.6. The summed E-state index contributed by atoms with van der Waals surface area (Å²) in [6.07, 6.45) is 31.3. The van der Waals surface area contributed by atoms with Crippen molar-refractivity contribution in [3.63, 3.8) is 0 Å². The predicted octanol–water partition coefficient (Wildman–Crippen LogP) is 8.11. The molecule has 4 saturated carbocycles. The molecule has 1 nitrogen and oxygen atoms in total. The van der Waals surface area contributed by atoms with Gasteiger partial charge in [0.15, 0.2) is 0 Å². The highest BCUT2D eigenvalue weighted by atomic mass is 31.2. The molecule has 0 atom stereocenters. The normalized spacial score (nSPS) is 25.9. The first-order valence-electron chi connectivity index (χ1n) is 15.2. The second-order valence-electron chi connectivity index (χ2n) is 12.4. The van der Waals surface area contributed by atoms with Crippen molar-refractivity contribution >= 4 is 29.4 Å². The molecule has 0 amide bonds. The van der Waals surface area contributed by atoms with E-state index in [1.807, 2.05) is 0 Å². The molecule has 184 valence electrons. The topological polar surface area (TPSA) is 12.0 Å². The van der Waals surface area contributed by atoms with Gasteiger partial charge in [-0.05, 0) is 117 Å². The molecule has 0 aromatic heterocycles. The largest absolute Gasteiger partial charge is 0.365 e. The van der Waals surface area contributed by atoms with Crippen molar-refractivity contribution < 1.29 is 0 Å². The minimum atomic E-state index is -1.34. The molecule has 0 heterocycles. The van der Waals surface area contributed by atoms with Crippen LogP contribution in [0.5, 0.6) is 0 Å². The van der Waals surface area contributed by atoms with E-state index >= 15 is 0 Å². The predicted molar refractivity (Wildman–Crippen MR) is 155 cm³/mol. The summed E-state index contributed by atoms with van der Waals surface area (Å²) < 4.78 is 0. The zero-order chi connectivity index (χ0) is 23.0. The first-order valence-corrected chi connectivity index (χ1v) is 19.5. The molecule has 1 N–H and O–H groups in total. The molecular weight excluding hydrogens is 434 g/mol. The Bertz CT molecular complexity index is 466. The van der Waals surface area contributed by atoms with Crippen LogP contribution in [-0.2, 0) is 0 Å². The molecule has 0 aliphatic heterocycles. The van der Waals surface area contributed by atoms with E-state index < -0.39 is 14.3 Å². The maximum Gasteiger partial charge on any atom is 0.365 e. The van der Waals surface area contributed by atoms with Crippen LogP contribution in [0.2, 0.25) is 0 Å². The summed E-state index contributed by atoms with van der Waals surface area (Å²) in [6.45, 7) is 2.32. The van der Waals surface area contributed by atoms with Gasteiger partial charge >= 0.3 is 15.1 Å². The van der Waals surface area contributed by atoms with E-state index in [0.29, 0.717) is 0 Å². The molecule has 0 aromatic carbocycles. The summed E-state index contributed by atoms with van der Waals surface area (Å²) in [7, 11) is 12.3. The highest BCUT2D eigenvalue weighted by Gasteiger charge is 2.49. The fourth-order valence-corrected chi connectivity index (χ4v) is 17.3. The van der Waals surface area contributed by atoms with E-state index in [0.717, 1.165) is 35.7 Å². The molecule has 4 radical (unpaired) electrons. The van der Waals surface area contributed by atoms with E-state index in [1.165, 1.54) is 141 Å². The molecule has 33 heavy (non-hydrogen) atoms. The maximum atomic E-state index is 7.50. The first kappa shape index (κ1) is 27.0. The highest BCUT2D eigenvalue weighted by Crippen LogP contribution is 2.69. The monoisotopic (exact) mass is 487 g/mol. The van der Waals surface area contributed by atoms with Gasteiger partial charge in [0.25, 0.3) is 0 Å². The van der Waals surface area contributed by atoms with Crippen LogP contribution in [0.25, 0.3) is 0 Å². The van der Waals surface area contributed by atoms with Crippen LogP contribution in [0, 0.1) is 0 Å². The lowest BCUT2D eigenvalue weighted by molar-refractivity contribution is 0.480. The number of nitrogens with one attached hydrogen (secondary N) is 1. The van der Waals surface area contributed by atoms with Gasteiger partial charge in [0.1, 0.15) is 0 Å². The van der Waals surface area contributed by atoms with Gasteiger partial charge in [-0.25, -0.2) is 0 Å². The van der Waals surface area contributed by atoms with Crippen molar-refractivity contribution in [1.82, 2.24) is 5.32 Å². The summed E-state index contributed by atoms with van der Waals surface area (Å²) in [5.74, 6) is 0. The third-order valence-electron chi connectivity index (χ3n) is 10.4. The van der Waals surface area contributed by atoms with Crippen LogP contribution in [0.1, 0.15) is 128 Å². The minimum absolute atomic E-state index is 0.877. The molecule has 0 bridgehead atoms. The van der Waals surface area contributed by atoms with Crippen LogP contribution in [0.15, 0.2) is 0 Å². The Morgan fingerprint density at radius 3 is 0.909 bits per heavy atom. The smallest absolute Gasteiger partial charge is 0.310 e. The second kappa shape index (κ2) is 13.5. The fraction of sp³-hybridized carbons (Fsp3) is 1.00. The molecule has 4 rings (SSSR count). The number of hydrogen-bond acceptors (Lipinski definition) is 1. The quantitative estimate of drug-likeness (QED) is 0.187. The van der Waals surface area contributed by atoms with Crippen LogP contribution in [0.4, 0.5) is 0 Å². The lowest BCUT2D eigenvalue weighted by atomic mass is 9.99. The minimum Gasteiger partial charge on any atom is -0.310 e. The van der Waals surface area contributed by atoms with E-state index in [9.17, 15) is 0 Å². The van der Waals surface area contributed by atoms with Gasteiger partial charge in [-0.2, -0.15) is 0 Å². The Balaban J connectivity index is 1.31. The van der Waals surface area contributed by atoms with E-state index in [4.69, 9.17) is 15.1 Å². The van der Waals surface area contributed by atoms with Gasteiger partial charge in [-0.3, -0.25) is 0 Å². The summed E-state index contributed by atoms with van der Waals surface area (Å²) >= 11 is 0. The molecule has 4 fully saturated rings. The molecular formula is C28H53B2NP2+2. The lowest BCUT2D eigenvalue weighted by Gasteiger charge is -2.43. The third kappa shape index (κ3) is 7.04. The third-order valence-corrected chi connectivity index (χ3v) is 19.9. The SMILES string of the molecule is [B][P+](CCNCC[P+]([B])(C1CCCCC1)C1CCCCC1)(C1CCCCC1)C1CCCCC1. The van der Waals surface area contributed by atoms with Crippen LogP contribution in [-0.4, -0.2) is 63.2 Å². The molecule has 4 aliphatic carbocycles. The van der Waals surface area contributed by atoms with Crippen molar-refractivity contribution in [1.29, 1.82) is 0 Å². The van der Waals surface area contributed by atoms with Crippen molar-refractivity contribution in [2.75, 3.05) is 25.4 Å². The number of hydrogen-bond donors (Lipinski definition) is 1. The van der Waals surface area contributed by atoms with Crippen LogP contribution < -0.4 is 5.32 Å². The van der Waals surface area contributed by atoms with Crippen molar-refractivity contribution in [2.24, 2.45) is 0 Å². The highest BCUT2D eigenvalue weighted by molar-refractivity contribution is 7.98. The average Bonchev–Trinajstić information content (AvgIpc) is 2.90. The Kier molecular flexibility index (Phi) is 11.0. The molecule has 0 spiro atoms. The lowest BCUT2D eigenvalue weighted by Crippen LogP contribution is -2.36. The molecule has 5 heteroatoms. The zero-order valence-electron chi connectivity index (χ0n) is 21.8. The first-order chi connectivity index (χ1) is 16.1. The average molecular weight is 487 g/mol. The Morgan fingerprint density at radius 2 is 0.667 bits per heavy atom.